The van der Waals surface area contributed by atoms with Gasteiger partial charge in [-0.25, -0.2) is 9.18 Å². The van der Waals surface area contributed by atoms with Crippen molar-refractivity contribution >= 4 is 46.0 Å². The zero-order chi connectivity index (χ0) is 21.4. The third-order valence-corrected chi connectivity index (χ3v) is 5.42. The van der Waals surface area contributed by atoms with Gasteiger partial charge in [0.1, 0.15) is 5.82 Å². The predicted octanol–water partition coefficient (Wildman–Crippen LogP) is 5.51. The summed E-state index contributed by atoms with van der Waals surface area (Å²) in [7, 11) is 1.24. The molecule has 150 valence electrons. The zero-order valence-electron chi connectivity index (χ0n) is 16.3. The van der Waals surface area contributed by atoms with E-state index in [9.17, 15) is 14.0 Å². The highest BCUT2D eigenvalue weighted by atomic mass is 35.5. The minimum absolute atomic E-state index is 0.0271. The minimum Gasteiger partial charge on any atom is -0.465 e. The second kappa shape index (κ2) is 7.76. The van der Waals surface area contributed by atoms with E-state index < -0.39 is 17.7 Å². The Balaban J connectivity index is 1.95. The molecule has 0 N–H and O–H groups in total. The number of benzene rings is 3. The van der Waals surface area contributed by atoms with Gasteiger partial charge in [0.2, 0.25) is 0 Å². The van der Waals surface area contributed by atoms with Crippen molar-refractivity contribution in [1.29, 1.82) is 0 Å². The van der Waals surface area contributed by atoms with Crippen molar-refractivity contribution in [2.24, 2.45) is 0 Å². The number of hydrogen-bond acceptors (Lipinski definition) is 3. The summed E-state index contributed by atoms with van der Waals surface area (Å²) in [5.74, 6) is -1.72. The van der Waals surface area contributed by atoms with Crippen LogP contribution in [0.5, 0.6) is 0 Å². The number of carbonyl (C=O) groups excluding carboxylic acids is 2. The van der Waals surface area contributed by atoms with Crippen LogP contribution in [0.3, 0.4) is 0 Å². The van der Waals surface area contributed by atoms with Gasteiger partial charge in [-0.2, -0.15) is 0 Å². The molecule has 4 rings (SSSR count). The lowest BCUT2D eigenvalue weighted by molar-refractivity contribution is -0.136. The topological polar surface area (TPSA) is 46.6 Å². The number of methoxy groups -OCH3 is 1. The summed E-state index contributed by atoms with van der Waals surface area (Å²) in [6, 6.07) is 17.4. The number of rotatable bonds is 3. The smallest absolute Gasteiger partial charge is 0.340 e. The lowest BCUT2D eigenvalue weighted by Gasteiger charge is -2.20. The largest absolute Gasteiger partial charge is 0.465 e. The van der Waals surface area contributed by atoms with E-state index in [-0.39, 0.29) is 21.7 Å². The molecule has 0 saturated carbocycles. The summed E-state index contributed by atoms with van der Waals surface area (Å²) in [5.41, 5.74) is 1.17. The molecular formula is C24H17ClFNO3. The van der Waals surface area contributed by atoms with Crippen LogP contribution < -0.4 is 4.90 Å². The van der Waals surface area contributed by atoms with Gasteiger partial charge in [0.05, 0.1) is 29.0 Å². The number of allylic oxidation sites excluding steroid dienone is 1. The van der Waals surface area contributed by atoms with Gasteiger partial charge in [0.25, 0.3) is 5.91 Å². The number of anilines is 1. The van der Waals surface area contributed by atoms with Crippen LogP contribution in [0.15, 0.2) is 77.5 Å². The summed E-state index contributed by atoms with van der Waals surface area (Å²) in [6.45, 7) is 1.66. The Morgan fingerprint density at radius 1 is 1.07 bits per heavy atom. The molecule has 0 fully saturated rings. The normalized spacial score (nSPS) is 15.4. The summed E-state index contributed by atoms with van der Waals surface area (Å²) >= 11 is 6.14. The second-order valence-corrected chi connectivity index (χ2v) is 7.19. The van der Waals surface area contributed by atoms with Gasteiger partial charge in [-0.05, 0) is 36.6 Å². The van der Waals surface area contributed by atoms with Crippen LogP contribution in [0.4, 0.5) is 10.1 Å². The van der Waals surface area contributed by atoms with Gasteiger partial charge < -0.3 is 4.74 Å². The van der Waals surface area contributed by atoms with E-state index in [0.29, 0.717) is 11.4 Å². The van der Waals surface area contributed by atoms with Crippen molar-refractivity contribution in [2.45, 2.75) is 6.92 Å². The van der Waals surface area contributed by atoms with E-state index in [4.69, 9.17) is 16.3 Å². The summed E-state index contributed by atoms with van der Waals surface area (Å²) < 4.78 is 19.3. The number of fused-ring (bicyclic) bond motifs is 1. The number of nitrogens with zero attached hydrogens (tertiary/aromatic N) is 1. The summed E-state index contributed by atoms with van der Waals surface area (Å²) in [5, 5.41) is 1.94. The fraction of sp³-hybridized carbons (Fsp3) is 0.0833. The van der Waals surface area contributed by atoms with Crippen molar-refractivity contribution in [3.05, 3.63) is 93.9 Å². The molecule has 0 spiro atoms. The lowest BCUT2D eigenvalue weighted by Crippen LogP contribution is -2.24. The number of hydrogen-bond donors (Lipinski definition) is 0. The van der Waals surface area contributed by atoms with Gasteiger partial charge in [0.15, 0.2) is 0 Å². The number of esters is 1. The van der Waals surface area contributed by atoms with Gasteiger partial charge in [-0.3, -0.25) is 9.69 Å². The van der Waals surface area contributed by atoms with E-state index in [1.807, 2.05) is 36.4 Å². The van der Waals surface area contributed by atoms with Crippen LogP contribution in [0.1, 0.15) is 12.5 Å². The van der Waals surface area contributed by atoms with Crippen LogP contribution in [0, 0.1) is 5.82 Å². The fourth-order valence-corrected chi connectivity index (χ4v) is 3.88. The molecule has 0 radical (unpaired) electrons. The van der Waals surface area contributed by atoms with Crippen LogP contribution >= 0.6 is 11.6 Å². The van der Waals surface area contributed by atoms with Gasteiger partial charge in [0, 0.05) is 16.6 Å². The average molecular weight is 422 g/mol. The first-order valence-corrected chi connectivity index (χ1v) is 9.59. The molecule has 1 aliphatic heterocycles. The Morgan fingerprint density at radius 2 is 1.77 bits per heavy atom. The molecule has 0 saturated heterocycles. The fourth-order valence-electron chi connectivity index (χ4n) is 3.67. The van der Waals surface area contributed by atoms with Gasteiger partial charge >= 0.3 is 5.97 Å². The van der Waals surface area contributed by atoms with Crippen LogP contribution in [-0.2, 0) is 14.3 Å². The molecule has 3 aromatic rings. The molecule has 3 aromatic carbocycles. The standard InChI is InChI=1S/C24H17ClFNO3/c1-14-22(24(29)30-2)18(13-17-19(25)10-6-11-20(17)26)23(28)27(14)21-12-5-8-15-7-3-4-9-16(15)21/h3-13H,1-2H3/b18-13-. The van der Waals surface area contributed by atoms with Crippen LogP contribution in [-0.4, -0.2) is 19.0 Å². The van der Waals surface area contributed by atoms with Crippen molar-refractivity contribution in [3.63, 3.8) is 0 Å². The Kier molecular flexibility index (Phi) is 5.14. The molecule has 0 bridgehead atoms. The summed E-state index contributed by atoms with van der Waals surface area (Å²) in [4.78, 5) is 27.5. The monoisotopic (exact) mass is 421 g/mol. The highest BCUT2D eigenvalue weighted by Crippen LogP contribution is 2.39. The SMILES string of the molecule is COC(=O)C1=C(C)N(c2cccc3ccccc23)C(=O)/C1=C\c1c(F)cccc1Cl. The molecular weight excluding hydrogens is 405 g/mol. The van der Waals surface area contributed by atoms with Gasteiger partial charge in [-0.1, -0.05) is 54.1 Å². The quantitative estimate of drug-likeness (QED) is 0.414. The van der Waals surface area contributed by atoms with E-state index in [2.05, 4.69) is 0 Å². The first-order valence-electron chi connectivity index (χ1n) is 9.21. The molecule has 1 heterocycles. The van der Waals surface area contributed by atoms with Gasteiger partial charge in [-0.15, -0.1) is 0 Å². The molecule has 4 nitrogen and oxygen atoms in total. The second-order valence-electron chi connectivity index (χ2n) is 6.78. The number of amides is 1. The predicted molar refractivity (Wildman–Crippen MR) is 116 cm³/mol. The Labute approximate surface area is 177 Å². The van der Waals surface area contributed by atoms with Crippen molar-refractivity contribution < 1.29 is 18.7 Å². The Hall–Kier alpha value is -3.44. The Bertz CT molecular complexity index is 1240. The van der Waals surface area contributed by atoms with Crippen molar-refractivity contribution in [3.8, 4) is 0 Å². The highest BCUT2D eigenvalue weighted by Gasteiger charge is 2.38. The first kappa shape index (κ1) is 19.9. The molecule has 0 aliphatic carbocycles. The number of carbonyl (C=O) groups is 2. The molecule has 6 heteroatoms. The van der Waals surface area contributed by atoms with Crippen LogP contribution in [0.2, 0.25) is 5.02 Å². The lowest BCUT2D eigenvalue weighted by atomic mass is 10.0. The van der Waals surface area contributed by atoms with E-state index in [1.54, 1.807) is 13.0 Å². The molecule has 1 amide bonds. The average Bonchev–Trinajstić information content (AvgIpc) is 2.99. The highest BCUT2D eigenvalue weighted by molar-refractivity contribution is 6.33. The maximum absolute atomic E-state index is 14.4. The zero-order valence-corrected chi connectivity index (χ0v) is 17.0. The van der Waals surface area contributed by atoms with Crippen molar-refractivity contribution in [2.75, 3.05) is 12.0 Å². The maximum Gasteiger partial charge on any atom is 0.340 e. The maximum atomic E-state index is 14.4. The van der Waals surface area contributed by atoms with Crippen LogP contribution in [0.25, 0.3) is 16.8 Å². The third kappa shape index (κ3) is 3.17. The third-order valence-electron chi connectivity index (χ3n) is 5.09. The number of halogens is 2. The minimum atomic E-state index is -0.678. The van der Waals surface area contributed by atoms with Crippen molar-refractivity contribution in [1.82, 2.24) is 0 Å². The number of ether oxygens (including phenoxy) is 1. The van der Waals surface area contributed by atoms with E-state index in [0.717, 1.165) is 10.8 Å². The summed E-state index contributed by atoms with van der Waals surface area (Å²) in [6.07, 6.45) is 1.31. The van der Waals surface area contributed by atoms with E-state index >= 15 is 0 Å². The first-order chi connectivity index (χ1) is 14.4. The molecule has 0 atom stereocenters. The van der Waals surface area contributed by atoms with E-state index in [1.165, 1.54) is 36.3 Å². The molecule has 0 unspecified atom stereocenters. The molecule has 0 aromatic heterocycles. The molecule has 1 aliphatic rings. The molecule has 30 heavy (non-hydrogen) atoms. The Morgan fingerprint density at radius 3 is 2.50 bits per heavy atom.